The molecule has 1 N–H and O–H groups in total. The van der Waals surface area contributed by atoms with Gasteiger partial charge in [-0.1, -0.05) is 6.42 Å². The number of methoxy groups -OCH3 is 1. The predicted molar refractivity (Wildman–Crippen MR) is 113 cm³/mol. The second-order valence-electron chi connectivity index (χ2n) is 7.31. The monoisotopic (exact) mass is 451 g/mol. The molecular weight excluding hydrogens is 426 g/mol. The smallest absolute Gasteiger partial charge is 0.312 e. The van der Waals surface area contributed by atoms with Crippen LogP contribution in [0.3, 0.4) is 0 Å². The Kier molecular flexibility index (Phi) is 6.60. The molecule has 0 unspecified atom stereocenters. The zero-order chi connectivity index (χ0) is 22.8. The lowest BCUT2D eigenvalue weighted by Crippen LogP contribution is -2.35. The Morgan fingerprint density at radius 2 is 1.94 bits per heavy atom. The Morgan fingerprint density at radius 1 is 1.26 bits per heavy atom. The number of hydrogen-bond acceptors (Lipinski definition) is 7. The van der Waals surface area contributed by atoms with Gasteiger partial charge >= 0.3 is 5.69 Å². The predicted octanol–water partition coefficient (Wildman–Crippen LogP) is 2.23. The molecule has 1 aromatic heterocycles. The summed E-state index contributed by atoms with van der Waals surface area (Å²) in [7, 11) is -2.39. The van der Waals surface area contributed by atoms with Crippen molar-refractivity contribution in [1.29, 1.82) is 0 Å². The van der Waals surface area contributed by atoms with Crippen molar-refractivity contribution in [3.05, 3.63) is 39.7 Å². The zero-order valence-corrected chi connectivity index (χ0v) is 18.4. The Morgan fingerprint density at radius 3 is 2.52 bits per heavy atom. The Labute approximate surface area is 180 Å². The fraction of sp³-hybridized carbons (Fsp3) is 0.474. The topological polar surface area (TPSA) is 137 Å². The maximum Gasteiger partial charge on any atom is 0.312 e. The highest BCUT2D eigenvalue weighted by Crippen LogP contribution is 2.31. The van der Waals surface area contributed by atoms with Gasteiger partial charge in [-0.2, -0.15) is 9.40 Å². The summed E-state index contributed by atoms with van der Waals surface area (Å²) >= 11 is 0. The molecule has 0 aliphatic carbocycles. The minimum Gasteiger partial charge on any atom is -0.495 e. The molecule has 168 valence electrons. The van der Waals surface area contributed by atoms with Crippen LogP contribution in [0.25, 0.3) is 0 Å². The molecule has 1 fully saturated rings. The second-order valence-corrected chi connectivity index (χ2v) is 9.22. The van der Waals surface area contributed by atoms with Crippen molar-refractivity contribution >= 4 is 27.3 Å². The highest BCUT2D eigenvalue weighted by Gasteiger charge is 2.29. The molecule has 0 atom stereocenters. The summed E-state index contributed by atoms with van der Waals surface area (Å²) in [5, 5.41) is 17.8. The van der Waals surface area contributed by atoms with E-state index < -0.39 is 20.9 Å². The van der Waals surface area contributed by atoms with Crippen LogP contribution in [0, 0.1) is 24.0 Å². The van der Waals surface area contributed by atoms with Crippen LogP contribution < -0.4 is 10.1 Å². The van der Waals surface area contributed by atoms with Crippen LogP contribution in [-0.4, -0.2) is 53.5 Å². The number of rotatable bonds is 7. The highest BCUT2D eigenvalue weighted by atomic mass is 32.2. The van der Waals surface area contributed by atoms with Crippen LogP contribution in [0.15, 0.2) is 23.1 Å². The second kappa shape index (κ2) is 9.02. The van der Waals surface area contributed by atoms with Gasteiger partial charge in [0.15, 0.2) is 0 Å². The molecule has 1 aliphatic rings. The average molecular weight is 452 g/mol. The molecule has 31 heavy (non-hydrogen) atoms. The third-order valence-corrected chi connectivity index (χ3v) is 7.12. The highest BCUT2D eigenvalue weighted by molar-refractivity contribution is 7.89. The quantitative estimate of drug-likeness (QED) is 0.503. The Balaban J connectivity index is 1.83. The van der Waals surface area contributed by atoms with Crippen molar-refractivity contribution < 1.29 is 22.9 Å². The summed E-state index contributed by atoms with van der Waals surface area (Å²) in [6, 6.07) is 4.39. The van der Waals surface area contributed by atoms with Crippen molar-refractivity contribution in [3.63, 3.8) is 0 Å². The first-order valence-electron chi connectivity index (χ1n) is 9.81. The maximum absolute atomic E-state index is 13.1. The Hall–Kier alpha value is -2.99. The van der Waals surface area contributed by atoms with Gasteiger partial charge in [-0.15, -0.1) is 0 Å². The van der Waals surface area contributed by atoms with Gasteiger partial charge in [0.1, 0.15) is 28.6 Å². The molecule has 1 saturated heterocycles. The minimum atomic E-state index is -3.78. The molecule has 2 aromatic rings. The van der Waals surface area contributed by atoms with Gasteiger partial charge in [0, 0.05) is 18.8 Å². The number of nitrogens with zero attached hydrogens (tertiary/aromatic N) is 4. The van der Waals surface area contributed by atoms with Crippen LogP contribution >= 0.6 is 0 Å². The molecule has 1 amide bonds. The molecule has 0 bridgehead atoms. The lowest BCUT2D eigenvalue weighted by molar-refractivity contribution is -0.386. The number of aromatic nitrogens is 2. The summed E-state index contributed by atoms with van der Waals surface area (Å²) in [5.74, 6) is -0.301. The largest absolute Gasteiger partial charge is 0.495 e. The van der Waals surface area contributed by atoms with E-state index in [1.54, 1.807) is 0 Å². The van der Waals surface area contributed by atoms with Crippen LogP contribution in [0.2, 0.25) is 0 Å². The number of nitrogens with one attached hydrogen (secondary N) is 1. The summed E-state index contributed by atoms with van der Waals surface area (Å²) in [6.07, 6.45) is 2.59. The number of sulfonamides is 1. The number of amides is 1. The van der Waals surface area contributed by atoms with Gasteiger partial charge < -0.3 is 10.1 Å². The summed E-state index contributed by atoms with van der Waals surface area (Å²) in [6.45, 7) is 3.65. The molecule has 1 aliphatic heterocycles. The molecule has 11 nitrogen and oxygen atoms in total. The molecule has 12 heteroatoms. The van der Waals surface area contributed by atoms with Crippen molar-refractivity contribution in [3.8, 4) is 5.75 Å². The van der Waals surface area contributed by atoms with E-state index in [1.807, 2.05) is 0 Å². The number of anilines is 1. The molecule has 0 spiro atoms. The SMILES string of the molecule is COc1ccc(NC(=O)Cn2nc(C)c([N+](=O)[O-])c2C)cc1S(=O)(=O)N1CCCCC1. The standard InChI is InChI=1S/C19H25N5O6S/c1-13-19(24(26)27)14(2)23(21-13)12-18(25)20-15-7-8-16(30-3)17(11-15)31(28,29)22-9-5-4-6-10-22/h7-8,11H,4-6,9-10,12H2,1-3H3,(H,20,25). The number of benzene rings is 1. The summed E-state index contributed by atoms with van der Waals surface area (Å²) in [4.78, 5) is 23.1. The third kappa shape index (κ3) is 4.69. The third-order valence-electron chi connectivity index (χ3n) is 5.20. The molecule has 2 heterocycles. The van der Waals surface area contributed by atoms with Gasteiger partial charge in [0.05, 0.1) is 12.0 Å². The van der Waals surface area contributed by atoms with E-state index >= 15 is 0 Å². The van der Waals surface area contributed by atoms with Crippen molar-refractivity contribution in [2.75, 3.05) is 25.5 Å². The van der Waals surface area contributed by atoms with Crippen molar-refractivity contribution in [2.45, 2.75) is 44.6 Å². The Bertz CT molecular complexity index is 1110. The zero-order valence-electron chi connectivity index (χ0n) is 17.6. The van der Waals surface area contributed by atoms with Gasteiger partial charge in [-0.25, -0.2) is 8.42 Å². The van der Waals surface area contributed by atoms with Gasteiger partial charge in [-0.3, -0.25) is 19.6 Å². The number of carbonyl (C=O) groups is 1. The van der Waals surface area contributed by atoms with Gasteiger partial charge in [-0.05, 0) is 44.9 Å². The first-order valence-corrected chi connectivity index (χ1v) is 11.3. The van der Waals surface area contributed by atoms with E-state index in [-0.39, 0.29) is 40.0 Å². The average Bonchev–Trinajstić information content (AvgIpc) is 3.01. The summed E-state index contributed by atoms with van der Waals surface area (Å²) < 4.78 is 34.1. The first-order chi connectivity index (χ1) is 14.6. The molecule has 3 rings (SSSR count). The van der Waals surface area contributed by atoms with Crippen molar-refractivity contribution in [2.24, 2.45) is 0 Å². The van der Waals surface area contributed by atoms with E-state index in [1.165, 1.54) is 48.1 Å². The number of ether oxygens (including phenoxy) is 1. The fourth-order valence-corrected chi connectivity index (χ4v) is 5.34. The number of carbonyl (C=O) groups excluding carboxylic acids is 1. The minimum absolute atomic E-state index is 0.0172. The van der Waals surface area contributed by atoms with Gasteiger partial charge in [0.25, 0.3) is 0 Å². The molecule has 1 aromatic carbocycles. The molecular formula is C19H25N5O6S. The van der Waals surface area contributed by atoms with Crippen LogP contribution in [0.1, 0.15) is 30.7 Å². The number of nitro groups is 1. The van der Waals surface area contributed by atoms with E-state index in [9.17, 15) is 23.3 Å². The lowest BCUT2D eigenvalue weighted by Gasteiger charge is -2.26. The van der Waals surface area contributed by atoms with E-state index in [0.717, 1.165) is 19.3 Å². The van der Waals surface area contributed by atoms with Crippen LogP contribution in [0.4, 0.5) is 11.4 Å². The van der Waals surface area contributed by atoms with E-state index in [4.69, 9.17) is 4.74 Å². The number of piperidine rings is 1. The van der Waals surface area contributed by atoms with Crippen LogP contribution in [-0.2, 0) is 21.4 Å². The van der Waals surface area contributed by atoms with Crippen LogP contribution in [0.5, 0.6) is 5.75 Å². The molecule has 0 radical (unpaired) electrons. The normalized spacial score (nSPS) is 14.9. The van der Waals surface area contributed by atoms with Crippen molar-refractivity contribution in [1.82, 2.24) is 14.1 Å². The van der Waals surface area contributed by atoms with Gasteiger partial charge in [0.2, 0.25) is 15.9 Å². The fourth-order valence-electron chi connectivity index (χ4n) is 3.64. The van der Waals surface area contributed by atoms with E-state index in [0.29, 0.717) is 13.1 Å². The first kappa shape index (κ1) is 22.7. The number of hydrogen-bond donors (Lipinski definition) is 1. The number of aryl methyl sites for hydroxylation is 1. The lowest BCUT2D eigenvalue weighted by atomic mass is 10.2. The summed E-state index contributed by atoms with van der Waals surface area (Å²) in [5.41, 5.74) is 0.625. The molecule has 0 saturated carbocycles. The van der Waals surface area contributed by atoms with E-state index in [2.05, 4.69) is 10.4 Å². The maximum atomic E-state index is 13.1.